The molecule has 1 atom stereocenters. The maximum atomic E-state index is 11.0. The Morgan fingerprint density at radius 1 is 0.655 bits per heavy atom. The normalized spacial score (nSPS) is 12.4. The Hall–Kier alpha value is -1.32. The van der Waals surface area contributed by atoms with E-state index in [4.69, 9.17) is 10.2 Å². The van der Waals surface area contributed by atoms with Crippen LogP contribution >= 0.6 is 0 Å². The summed E-state index contributed by atoms with van der Waals surface area (Å²) in [7, 11) is 0. The average molecular weight is 411 g/mol. The lowest BCUT2D eigenvalue weighted by Crippen LogP contribution is -2.16. The monoisotopic (exact) mass is 410 g/mol. The van der Waals surface area contributed by atoms with Gasteiger partial charge in [-0.1, -0.05) is 115 Å². The van der Waals surface area contributed by atoms with E-state index in [0.29, 0.717) is 6.42 Å². The second-order valence-corrected chi connectivity index (χ2v) is 8.43. The van der Waals surface area contributed by atoms with E-state index < -0.39 is 17.9 Å². The minimum absolute atomic E-state index is 0.306. The molecule has 1 unspecified atom stereocenters. The van der Waals surface area contributed by atoms with Crippen molar-refractivity contribution in [3.63, 3.8) is 0 Å². The van der Waals surface area contributed by atoms with Gasteiger partial charge < -0.3 is 10.2 Å². The summed E-state index contributed by atoms with van der Waals surface area (Å²) in [5, 5.41) is 17.7. The number of aliphatic carboxylic acids is 2. The van der Waals surface area contributed by atoms with Gasteiger partial charge in [-0.05, 0) is 19.3 Å². The summed E-state index contributed by atoms with van der Waals surface area (Å²) in [6, 6.07) is 0. The lowest BCUT2D eigenvalue weighted by atomic mass is 10.0. The minimum Gasteiger partial charge on any atom is -0.481 e. The highest BCUT2D eigenvalue weighted by Crippen LogP contribution is 2.14. The lowest BCUT2D eigenvalue weighted by molar-refractivity contribution is -0.148. The summed E-state index contributed by atoms with van der Waals surface area (Å²) in [6.45, 7) is 2.27. The van der Waals surface area contributed by atoms with E-state index in [1.54, 1.807) is 0 Å². The lowest BCUT2D eigenvalue weighted by Gasteiger charge is -2.05. The van der Waals surface area contributed by atoms with E-state index in [9.17, 15) is 9.59 Å². The zero-order chi connectivity index (χ0) is 21.6. The van der Waals surface area contributed by atoms with Gasteiger partial charge in [0.05, 0.1) is 12.3 Å². The molecule has 29 heavy (non-hydrogen) atoms. The van der Waals surface area contributed by atoms with Gasteiger partial charge in [-0.3, -0.25) is 9.59 Å². The maximum absolute atomic E-state index is 11.0. The molecule has 0 radical (unpaired) electrons. The molecule has 170 valence electrons. The van der Waals surface area contributed by atoms with E-state index in [2.05, 4.69) is 6.92 Å². The number of unbranched alkanes of at least 4 members (excludes halogenated alkanes) is 16. The number of carbonyl (C=O) groups is 2. The van der Waals surface area contributed by atoms with Gasteiger partial charge in [-0.25, -0.2) is 0 Å². The van der Waals surface area contributed by atoms with Crippen molar-refractivity contribution in [1.82, 2.24) is 0 Å². The molecular weight excluding hydrogens is 364 g/mol. The third-order valence-corrected chi connectivity index (χ3v) is 5.58. The van der Waals surface area contributed by atoms with Gasteiger partial charge in [0.1, 0.15) is 0 Å². The SMILES string of the molecule is CCCCCCCCCCCCCCCCCC/C=C/CC(CC(=O)O)C(=O)O. The van der Waals surface area contributed by atoms with Crippen molar-refractivity contribution in [3.05, 3.63) is 12.2 Å². The third kappa shape index (κ3) is 21.2. The predicted octanol–water partition coefficient (Wildman–Crippen LogP) is 7.76. The molecule has 4 heteroatoms. The number of hydrogen-bond donors (Lipinski definition) is 2. The quantitative estimate of drug-likeness (QED) is 0.141. The summed E-state index contributed by atoms with van der Waals surface area (Å²) >= 11 is 0. The molecule has 0 aliphatic carbocycles. The van der Waals surface area contributed by atoms with E-state index in [1.165, 1.54) is 96.3 Å². The molecule has 0 aliphatic heterocycles. The predicted molar refractivity (Wildman–Crippen MR) is 121 cm³/mol. The Morgan fingerprint density at radius 2 is 1.07 bits per heavy atom. The summed E-state index contributed by atoms with van der Waals surface area (Å²) in [6.07, 6.45) is 26.5. The van der Waals surface area contributed by atoms with Crippen LogP contribution in [0, 0.1) is 5.92 Å². The van der Waals surface area contributed by atoms with Crippen molar-refractivity contribution >= 4 is 11.9 Å². The summed E-state index contributed by atoms with van der Waals surface area (Å²) in [5.41, 5.74) is 0. The number of rotatable bonds is 22. The van der Waals surface area contributed by atoms with Crippen molar-refractivity contribution < 1.29 is 19.8 Å². The van der Waals surface area contributed by atoms with Crippen LogP contribution in [0.5, 0.6) is 0 Å². The van der Waals surface area contributed by atoms with Crippen LogP contribution in [0.4, 0.5) is 0 Å². The molecule has 0 amide bonds. The van der Waals surface area contributed by atoms with Crippen molar-refractivity contribution in [3.8, 4) is 0 Å². The fourth-order valence-corrected chi connectivity index (χ4v) is 3.67. The summed E-state index contributed by atoms with van der Waals surface area (Å²) in [4.78, 5) is 21.6. The van der Waals surface area contributed by atoms with Crippen LogP contribution in [0.15, 0.2) is 12.2 Å². The van der Waals surface area contributed by atoms with E-state index in [1.807, 2.05) is 12.2 Å². The molecule has 0 aromatic rings. The van der Waals surface area contributed by atoms with Gasteiger partial charge in [-0.15, -0.1) is 0 Å². The van der Waals surface area contributed by atoms with E-state index in [0.717, 1.165) is 12.8 Å². The molecule has 2 N–H and O–H groups in total. The van der Waals surface area contributed by atoms with Gasteiger partial charge in [-0.2, -0.15) is 0 Å². The Kier molecular flexibility index (Phi) is 20.4. The molecule has 0 aliphatic rings. The van der Waals surface area contributed by atoms with E-state index in [-0.39, 0.29) is 6.42 Å². The first-order chi connectivity index (χ1) is 14.1. The molecule has 0 heterocycles. The summed E-state index contributed by atoms with van der Waals surface area (Å²) in [5.74, 6) is -2.89. The number of carboxylic acid groups (broad SMARTS) is 2. The largest absolute Gasteiger partial charge is 0.481 e. The molecule has 0 saturated carbocycles. The highest BCUT2D eigenvalue weighted by molar-refractivity contribution is 5.77. The Balaban J connectivity index is 3.31. The first-order valence-corrected chi connectivity index (χ1v) is 12.2. The van der Waals surface area contributed by atoms with Gasteiger partial charge >= 0.3 is 11.9 Å². The Bertz CT molecular complexity index is 417. The van der Waals surface area contributed by atoms with Crippen LogP contribution in [0.2, 0.25) is 0 Å². The first-order valence-electron chi connectivity index (χ1n) is 12.2. The van der Waals surface area contributed by atoms with Crippen LogP contribution in [0.1, 0.15) is 129 Å². The topological polar surface area (TPSA) is 74.6 Å². The zero-order valence-electron chi connectivity index (χ0n) is 18.9. The van der Waals surface area contributed by atoms with Crippen LogP contribution in [0.25, 0.3) is 0 Å². The fraction of sp³-hybridized carbons (Fsp3) is 0.840. The molecule has 0 fully saturated rings. The van der Waals surface area contributed by atoms with Gasteiger partial charge in [0.2, 0.25) is 0 Å². The number of carboxylic acids is 2. The van der Waals surface area contributed by atoms with Crippen molar-refractivity contribution in [2.45, 2.75) is 129 Å². The smallest absolute Gasteiger partial charge is 0.307 e. The van der Waals surface area contributed by atoms with Crippen molar-refractivity contribution in [2.24, 2.45) is 5.92 Å². The molecule has 0 bridgehead atoms. The standard InChI is InChI=1S/C25H46O4/c1-2-3-4-5-6-7-8-9-10-11-12-13-14-15-16-17-18-19-20-21-23(25(28)29)22-24(26)27/h19-20,23H,2-18,21-22H2,1H3,(H,26,27)(H,28,29)/b20-19+. The average Bonchev–Trinajstić information content (AvgIpc) is 2.68. The van der Waals surface area contributed by atoms with Crippen LogP contribution in [-0.2, 0) is 9.59 Å². The highest BCUT2D eigenvalue weighted by Gasteiger charge is 2.19. The molecular formula is C25H46O4. The summed E-state index contributed by atoms with van der Waals surface area (Å²) < 4.78 is 0. The molecule has 0 aromatic carbocycles. The third-order valence-electron chi connectivity index (χ3n) is 5.58. The van der Waals surface area contributed by atoms with Crippen molar-refractivity contribution in [1.29, 1.82) is 0 Å². The number of hydrogen-bond acceptors (Lipinski definition) is 2. The zero-order valence-corrected chi connectivity index (χ0v) is 18.9. The minimum atomic E-state index is -1.05. The van der Waals surface area contributed by atoms with Gasteiger partial charge in [0.15, 0.2) is 0 Å². The molecule has 0 saturated heterocycles. The second kappa shape index (κ2) is 21.4. The van der Waals surface area contributed by atoms with Crippen LogP contribution in [0.3, 0.4) is 0 Å². The first kappa shape index (κ1) is 27.7. The van der Waals surface area contributed by atoms with Crippen molar-refractivity contribution in [2.75, 3.05) is 0 Å². The Labute approximate surface area is 179 Å². The molecule has 4 nitrogen and oxygen atoms in total. The fourth-order valence-electron chi connectivity index (χ4n) is 3.67. The molecule has 0 spiro atoms. The molecule has 0 aromatic heterocycles. The Morgan fingerprint density at radius 3 is 1.45 bits per heavy atom. The highest BCUT2D eigenvalue weighted by atomic mass is 16.4. The maximum Gasteiger partial charge on any atom is 0.307 e. The van der Waals surface area contributed by atoms with Gasteiger partial charge in [0.25, 0.3) is 0 Å². The van der Waals surface area contributed by atoms with Crippen LogP contribution in [-0.4, -0.2) is 22.2 Å². The van der Waals surface area contributed by atoms with Gasteiger partial charge in [0, 0.05) is 0 Å². The molecule has 0 rings (SSSR count). The second-order valence-electron chi connectivity index (χ2n) is 8.43. The van der Waals surface area contributed by atoms with E-state index >= 15 is 0 Å². The number of allylic oxidation sites excluding steroid dienone is 2. The van der Waals surface area contributed by atoms with Crippen LogP contribution < -0.4 is 0 Å².